The van der Waals surface area contributed by atoms with Crippen molar-refractivity contribution in [2.45, 2.75) is 24.4 Å². The van der Waals surface area contributed by atoms with Gasteiger partial charge in [-0.15, -0.1) is 11.8 Å². The predicted molar refractivity (Wildman–Crippen MR) is 126 cm³/mol. The number of amides is 2. The highest BCUT2D eigenvalue weighted by Crippen LogP contribution is 2.32. The van der Waals surface area contributed by atoms with Crippen LogP contribution in [-0.2, 0) is 16.1 Å². The summed E-state index contributed by atoms with van der Waals surface area (Å²) in [6.07, 6.45) is 0. The van der Waals surface area contributed by atoms with E-state index in [2.05, 4.69) is 10.6 Å². The van der Waals surface area contributed by atoms with Gasteiger partial charge in [0.15, 0.2) is 11.5 Å². The Labute approximate surface area is 196 Å². The molecule has 4 rings (SSSR count). The van der Waals surface area contributed by atoms with Crippen LogP contribution in [0.3, 0.4) is 0 Å². The van der Waals surface area contributed by atoms with E-state index in [0.717, 1.165) is 22.0 Å². The van der Waals surface area contributed by atoms with E-state index in [1.165, 1.54) is 18.7 Å². The number of fused-ring (bicyclic) bond motifs is 1. The molecule has 1 atom stereocenters. The van der Waals surface area contributed by atoms with Crippen LogP contribution in [0.5, 0.6) is 23.0 Å². The van der Waals surface area contributed by atoms with Gasteiger partial charge < -0.3 is 24.8 Å². The summed E-state index contributed by atoms with van der Waals surface area (Å²) >= 11 is 1.48. The first kappa shape index (κ1) is 22.5. The Kier molecular flexibility index (Phi) is 7.36. The third-order valence-electron chi connectivity index (χ3n) is 4.82. The van der Waals surface area contributed by atoms with Gasteiger partial charge in [0.1, 0.15) is 17.5 Å². The van der Waals surface area contributed by atoms with Crippen LogP contribution in [-0.4, -0.2) is 30.4 Å². The number of benzene rings is 3. The maximum absolute atomic E-state index is 12.7. The van der Waals surface area contributed by atoms with Gasteiger partial charge in [0.05, 0.1) is 0 Å². The minimum Gasteiger partial charge on any atom is -0.457 e. The number of para-hydroxylation sites is 1. The lowest BCUT2D eigenvalue weighted by molar-refractivity contribution is -0.127. The quantitative estimate of drug-likeness (QED) is 0.464. The standard InChI is InChI=1S/C25H24N2O5S/c1-17(28)27-22(25(29)26-14-18-7-12-23-24(13-18)31-16-30-23)15-33-21-10-8-20(9-11-21)32-19-5-3-2-4-6-19/h2-13,22H,14-16H2,1H3,(H,26,29)(H,27,28). The highest BCUT2D eigenvalue weighted by atomic mass is 32.2. The van der Waals surface area contributed by atoms with Gasteiger partial charge in [0.2, 0.25) is 18.6 Å². The smallest absolute Gasteiger partial charge is 0.243 e. The van der Waals surface area contributed by atoms with Crippen LogP contribution >= 0.6 is 11.8 Å². The highest BCUT2D eigenvalue weighted by molar-refractivity contribution is 7.99. The fraction of sp³-hybridized carbons (Fsp3) is 0.200. The molecule has 8 heteroatoms. The Morgan fingerprint density at radius 2 is 1.70 bits per heavy atom. The molecule has 170 valence electrons. The molecule has 3 aromatic carbocycles. The van der Waals surface area contributed by atoms with Crippen LogP contribution in [0.1, 0.15) is 12.5 Å². The Balaban J connectivity index is 1.31. The molecule has 1 unspecified atom stereocenters. The summed E-state index contributed by atoms with van der Waals surface area (Å²) in [7, 11) is 0. The van der Waals surface area contributed by atoms with Crippen molar-refractivity contribution >= 4 is 23.6 Å². The van der Waals surface area contributed by atoms with Gasteiger partial charge in [0, 0.05) is 24.1 Å². The summed E-state index contributed by atoms with van der Waals surface area (Å²) in [5.41, 5.74) is 0.885. The van der Waals surface area contributed by atoms with Crippen molar-refractivity contribution in [2.75, 3.05) is 12.5 Å². The number of nitrogens with one attached hydrogen (secondary N) is 2. The maximum atomic E-state index is 12.7. The van der Waals surface area contributed by atoms with Crippen LogP contribution in [0.2, 0.25) is 0 Å². The number of hydrogen-bond acceptors (Lipinski definition) is 6. The second-order valence-electron chi connectivity index (χ2n) is 7.36. The van der Waals surface area contributed by atoms with Gasteiger partial charge >= 0.3 is 0 Å². The lowest BCUT2D eigenvalue weighted by Crippen LogP contribution is -2.47. The lowest BCUT2D eigenvalue weighted by atomic mass is 10.2. The normalized spacial score (nSPS) is 12.6. The van der Waals surface area contributed by atoms with Crippen molar-refractivity contribution < 1.29 is 23.8 Å². The molecule has 0 spiro atoms. The van der Waals surface area contributed by atoms with Gasteiger partial charge in [-0.25, -0.2) is 0 Å². The van der Waals surface area contributed by atoms with Crippen molar-refractivity contribution in [3.8, 4) is 23.0 Å². The molecule has 0 aromatic heterocycles. The minimum atomic E-state index is -0.665. The van der Waals surface area contributed by atoms with E-state index >= 15 is 0 Å². The first-order chi connectivity index (χ1) is 16.1. The average molecular weight is 465 g/mol. The van der Waals surface area contributed by atoms with Crippen LogP contribution in [0.25, 0.3) is 0 Å². The summed E-state index contributed by atoms with van der Waals surface area (Å²) in [5, 5.41) is 5.62. The number of hydrogen-bond donors (Lipinski definition) is 2. The SMILES string of the molecule is CC(=O)NC(CSc1ccc(Oc2ccccc2)cc1)C(=O)NCc1ccc2c(c1)OCO2. The van der Waals surface area contributed by atoms with Crippen LogP contribution in [0, 0.1) is 0 Å². The largest absolute Gasteiger partial charge is 0.457 e. The molecular formula is C25H24N2O5S. The zero-order chi connectivity index (χ0) is 23.0. The topological polar surface area (TPSA) is 85.9 Å². The van der Waals surface area contributed by atoms with Crippen LogP contribution in [0.15, 0.2) is 77.7 Å². The van der Waals surface area contributed by atoms with Crippen molar-refractivity contribution in [3.05, 3.63) is 78.4 Å². The number of carbonyl (C=O) groups is 2. The summed E-state index contributed by atoms with van der Waals surface area (Å²) in [6, 6.07) is 22.0. The summed E-state index contributed by atoms with van der Waals surface area (Å²) in [5.74, 6) is 2.73. The van der Waals surface area contributed by atoms with E-state index < -0.39 is 6.04 Å². The molecule has 0 aliphatic carbocycles. The fourth-order valence-electron chi connectivity index (χ4n) is 3.20. The summed E-state index contributed by atoms with van der Waals surface area (Å²) in [6.45, 7) is 1.92. The predicted octanol–water partition coefficient (Wildman–Crippen LogP) is 4.12. The molecule has 33 heavy (non-hydrogen) atoms. The fourth-order valence-corrected chi connectivity index (χ4v) is 4.12. The third kappa shape index (κ3) is 6.43. The molecular weight excluding hydrogens is 440 g/mol. The van der Waals surface area contributed by atoms with Crippen molar-refractivity contribution in [2.24, 2.45) is 0 Å². The molecule has 0 bridgehead atoms. The third-order valence-corrected chi connectivity index (χ3v) is 5.92. The van der Waals surface area contributed by atoms with E-state index in [1.807, 2.05) is 72.8 Å². The zero-order valence-electron chi connectivity index (χ0n) is 18.1. The van der Waals surface area contributed by atoms with Gasteiger partial charge in [-0.2, -0.15) is 0 Å². The van der Waals surface area contributed by atoms with Gasteiger partial charge in [-0.3, -0.25) is 9.59 Å². The molecule has 3 aromatic rings. The maximum Gasteiger partial charge on any atom is 0.243 e. The first-order valence-corrected chi connectivity index (χ1v) is 11.4. The lowest BCUT2D eigenvalue weighted by Gasteiger charge is -2.17. The highest BCUT2D eigenvalue weighted by Gasteiger charge is 2.20. The van der Waals surface area contributed by atoms with Gasteiger partial charge in [-0.05, 0) is 54.1 Å². The molecule has 1 aliphatic heterocycles. The Morgan fingerprint density at radius 3 is 2.45 bits per heavy atom. The molecule has 0 saturated carbocycles. The van der Waals surface area contributed by atoms with E-state index in [0.29, 0.717) is 23.8 Å². The van der Waals surface area contributed by atoms with Crippen molar-refractivity contribution in [1.82, 2.24) is 10.6 Å². The molecule has 0 saturated heterocycles. The van der Waals surface area contributed by atoms with E-state index in [1.54, 1.807) is 0 Å². The molecule has 2 amide bonds. The Bertz CT molecular complexity index is 1110. The second kappa shape index (κ2) is 10.8. The molecule has 0 fully saturated rings. The van der Waals surface area contributed by atoms with E-state index in [4.69, 9.17) is 14.2 Å². The molecule has 0 radical (unpaired) electrons. The summed E-state index contributed by atoms with van der Waals surface area (Å²) < 4.78 is 16.5. The van der Waals surface area contributed by atoms with Crippen molar-refractivity contribution in [3.63, 3.8) is 0 Å². The Morgan fingerprint density at radius 1 is 0.970 bits per heavy atom. The molecule has 1 heterocycles. The number of carbonyl (C=O) groups excluding carboxylic acids is 2. The van der Waals surface area contributed by atoms with Gasteiger partial charge in [-0.1, -0.05) is 24.3 Å². The molecule has 7 nitrogen and oxygen atoms in total. The van der Waals surface area contributed by atoms with E-state index in [-0.39, 0.29) is 18.6 Å². The summed E-state index contributed by atoms with van der Waals surface area (Å²) in [4.78, 5) is 25.4. The number of rotatable bonds is 9. The molecule has 1 aliphatic rings. The van der Waals surface area contributed by atoms with Crippen LogP contribution in [0.4, 0.5) is 0 Å². The number of ether oxygens (including phenoxy) is 3. The van der Waals surface area contributed by atoms with Crippen molar-refractivity contribution in [1.29, 1.82) is 0 Å². The average Bonchev–Trinajstić information content (AvgIpc) is 3.29. The van der Waals surface area contributed by atoms with E-state index in [9.17, 15) is 9.59 Å². The number of thioether (sulfide) groups is 1. The van der Waals surface area contributed by atoms with Crippen LogP contribution < -0.4 is 24.8 Å². The monoisotopic (exact) mass is 464 g/mol. The first-order valence-electron chi connectivity index (χ1n) is 10.5. The van der Waals surface area contributed by atoms with Gasteiger partial charge in [0.25, 0.3) is 0 Å². The molecule has 2 N–H and O–H groups in total. The Hall–Kier alpha value is -3.65. The second-order valence-corrected chi connectivity index (χ2v) is 8.45. The zero-order valence-corrected chi connectivity index (χ0v) is 18.9. The minimum absolute atomic E-state index is 0.201.